The van der Waals surface area contributed by atoms with Crippen LogP contribution in [0, 0.1) is 0 Å². The topological polar surface area (TPSA) is 42.9 Å². The summed E-state index contributed by atoms with van der Waals surface area (Å²) >= 11 is 0. The highest BCUT2D eigenvalue weighted by Crippen LogP contribution is 2.16. The normalized spacial score (nSPS) is 13.4. The van der Waals surface area contributed by atoms with Gasteiger partial charge in [-0.15, -0.1) is 0 Å². The molecule has 1 aliphatic heterocycles. The third-order valence-electron chi connectivity index (χ3n) is 3.84. The summed E-state index contributed by atoms with van der Waals surface area (Å²) in [6, 6.07) is 6.43. The Morgan fingerprint density at radius 2 is 2.11 bits per heavy atom. The van der Waals surface area contributed by atoms with Crippen molar-refractivity contribution in [3.05, 3.63) is 53.6 Å². The third-order valence-corrected chi connectivity index (χ3v) is 3.84. The zero-order valence-corrected chi connectivity index (χ0v) is 11.0. The van der Waals surface area contributed by atoms with Crippen molar-refractivity contribution in [2.45, 2.75) is 26.0 Å². The molecule has 1 aliphatic rings. The molecule has 3 rings (SSSR count). The van der Waals surface area contributed by atoms with Crippen molar-refractivity contribution in [3.8, 4) is 0 Å². The van der Waals surface area contributed by atoms with Crippen LogP contribution in [0.25, 0.3) is 0 Å². The molecule has 0 saturated heterocycles. The first-order valence-corrected chi connectivity index (χ1v) is 6.64. The molecule has 4 heteroatoms. The summed E-state index contributed by atoms with van der Waals surface area (Å²) in [6.07, 6.45) is 7.40. The van der Waals surface area contributed by atoms with Crippen LogP contribution >= 0.6 is 0 Å². The summed E-state index contributed by atoms with van der Waals surface area (Å²) < 4.78 is 0. The van der Waals surface area contributed by atoms with Crippen molar-refractivity contribution in [3.63, 3.8) is 0 Å². The molecular weight excluding hydrogens is 235 g/mol. The van der Waals surface area contributed by atoms with E-state index >= 15 is 0 Å². The zero-order chi connectivity index (χ0) is 13.2. The van der Waals surface area contributed by atoms with Crippen molar-refractivity contribution >= 4 is 18.0 Å². The summed E-state index contributed by atoms with van der Waals surface area (Å²) in [5.74, 6) is 0.0752. The molecule has 0 aliphatic carbocycles. The van der Waals surface area contributed by atoms with Gasteiger partial charge in [-0.3, -0.25) is 4.79 Å². The Morgan fingerprint density at radius 1 is 1.32 bits per heavy atom. The van der Waals surface area contributed by atoms with Gasteiger partial charge < -0.3 is 0 Å². The van der Waals surface area contributed by atoms with Crippen molar-refractivity contribution in [2.24, 2.45) is 0 Å². The minimum Gasteiger partial charge on any atom is -0.294 e. The highest BCUT2D eigenvalue weighted by molar-refractivity contribution is 6.73. The number of ketones is 1. The lowest BCUT2D eigenvalue weighted by Gasteiger charge is -2.06. The minimum atomic E-state index is 0.0752. The van der Waals surface area contributed by atoms with Gasteiger partial charge in [-0.25, -0.2) is 9.97 Å². The maximum Gasteiger partial charge on any atom is 0.173 e. The van der Waals surface area contributed by atoms with Gasteiger partial charge in [0.2, 0.25) is 0 Å². The Balaban J connectivity index is 1.81. The summed E-state index contributed by atoms with van der Waals surface area (Å²) in [4.78, 5) is 19.9. The summed E-state index contributed by atoms with van der Waals surface area (Å²) in [6.45, 7) is 2.87. The lowest BCUT2D eigenvalue weighted by molar-refractivity contribution is 0.0992. The van der Waals surface area contributed by atoms with Gasteiger partial charge >= 0.3 is 0 Å². The Labute approximate surface area is 113 Å². The fraction of sp³-hybridized carbons (Fsp3) is 0.267. The molecule has 0 radical (unpaired) electrons. The van der Waals surface area contributed by atoms with E-state index in [0.717, 1.165) is 12.0 Å². The fourth-order valence-electron chi connectivity index (χ4n) is 2.70. The molecule has 0 amide bonds. The Bertz CT molecular complexity index is 613. The van der Waals surface area contributed by atoms with Crippen molar-refractivity contribution < 1.29 is 4.79 Å². The number of hydrogen-bond donors (Lipinski definition) is 0. The molecule has 0 bridgehead atoms. The summed E-state index contributed by atoms with van der Waals surface area (Å²) in [5.41, 5.74) is 4.51. The average molecular weight is 250 g/mol. The molecule has 94 valence electrons. The van der Waals surface area contributed by atoms with E-state index in [0.29, 0.717) is 18.7 Å². The molecule has 0 atom stereocenters. The van der Waals surface area contributed by atoms with Crippen LogP contribution in [0.4, 0.5) is 0 Å². The zero-order valence-electron chi connectivity index (χ0n) is 11.0. The molecule has 0 unspecified atom stereocenters. The number of rotatable bonds is 3. The van der Waals surface area contributed by atoms with Crippen molar-refractivity contribution in [2.75, 3.05) is 0 Å². The van der Waals surface area contributed by atoms with Crippen LogP contribution in [-0.4, -0.2) is 22.5 Å². The van der Waals surface area contributed by atoms with Crippen molar-refractivity contribution in [1.29, 1.82) is 0 Å². The van der Waals surface area contributed by atoms with Crippen LogP contribution in [0.2, 0.25) is 13.1 Å². The molecular formula is C15H15BN2O. The van der Waals surface area contributed by atoms with E-state index in [1.807, 2.05) is 0 Å². The lowest BCUT2D eigenvalue weighted by Crippen LogP contribution is -2.23. The third kappa shape index (κ3) is 2.43. The molecule has 0 spiro atoms. The maximum absolute atomic E-state index is 12.1. The van der Waals surface area contributed by atoms with Crippen LogP contribution < -0.4 is 5.46 Å². The average Bonchev–Trinajstić information content (AvgIpc) is 2.81. The first kappa shape index (κ1) is 12.1. The predicted octanol–water partition coefficient (Wildman–Crippen LogP) is 1.79. The molecule has 0 saturated carbocycles. The molecule has 1 aromatic carbocycles. The monoisotopic (exact) mass is 250 g/mol. The van der Waals surface area contributed by atoms with Crippen LogP contribution in [0.5, 0.6) is 0 Å². The Hall–Kier alpha value is -1.97. The first-order valence-electron chi connectivity index (χ1n) is 6.64. The standard InChI is InChI=1S/C15H15BN2O/c1-16-5-4-12-3-2-11(6-14(12)16)7-15(19)13-8-17-10-18-9-13/h2-3,6,8-10H,4-5,7H2,1H3. The highest BCUT2D eigenvalue weighted by atomic mass is 16.1. The SMILES string of the molecule is CB1CCc2ccc(CC(=O)c3cncnc3)cc21. The van der Waals surface area contributed by atoms with E-state index < -0.39 is 0 Å². The van der Waals surface area contributed by atoms with Gasteiger partial charge in [0, 0.05) is 18.8 Å². The van der Waals surface area contributed by atoms with Gasteiger partial charge in [-0.2, -0.15) is 0 Å². The molecule has 3 nitrogen and oxygen atoms in total. The Morgan fingerprint density at radius 3 is 2.89 bits per heavy atom. The molecule has 2 heterocycles. The quantitative estimate of drug-likeness (QED) is 0.616. The van der Waals surface area contributed by atoms with E-state index in [1.54, 1.807) is 12.4 Å². The van der Waals surface area contributed by atoms with E-state index in [9.17, 15) is 4.79 Å². The van der Waals surface area contributed by atoms with Crippen molar-refractivity contribution in [1.82, 2.24) is 9.97 Å². The maximum atomic E-state index is 12.1. The van der Waals surface area contributed by atoms with Gasteiger partial charge in [0.1, 0.15) is 6.33 Å². The summed E-state index contributed by atoms with van der Waals surface area (Å²) in [7, 11) is 0. The van der Waals surface area contributed by atoms with E-state index in [1.165, 1.54) is 23.7 Å². The number of carbonyl (C=O) groups excluding carboxylic acids is 1. The van der Waals surface area contributed by atoms with E-state index in [2.05, 4.69) is 35.0 Å². The number of fused-ring (bicyclic) bond motifs is 1. The molecule has 2 aromatic rings. The van der Waals surface area contributed by atoms with E-state index in [-0.39, 0.29) is 5.78 Å². The second kappa shape index (κ2) is 4.96. The van der Waals surface area contributed by atoms with Crippen LogP contribution in [0.1, 0.15) is 21.5 Å². The molecule has 0 fully saturated rings. The van der Waals surface area contributed by atoms with Crippen LogP contribution in [0.15, 0.2) is 36.9 Å². The largest absolute Gasteiger partial charge is 0.294 e. The minimum absolute atomic E-state index is 0.0752. The number of aromatic nitrogens is 2. The van der Waals surface area contributed by atoms with Crippen LogP contribution in [0.3, 0.4) is 0 Å². The number of aryl methyl sites for hydroxylation is 1. The molecule has 0 N–H and O–H groups in total. The molecule has 19 heavy (non-hydrogen) atoms. The number of benzene rings is 1. The van der Waals surface area contributed by atoms with Crippen LogP contribution in [-0.2, 0) is 12.8 Å². The lowest BCUT2D eigenvalue weighted by atomic mass is 9.48. The van der Waals surface area contributed by atoms with Gasteiger partial charge in [0.25, 0.3) is 0 Å². The second-order valence-electron chi connectivity index (χ2n) is 5.20. The number of Topliss-reactive ketones (excluding diaryl/α,β-unsaturated/α-hetero) is 1. The predicted molar refractivity (Wildman–Crippen MR) is 76.3 cm³/mol. The summed E-state index contributed by atoms with van der Waals surface area (Å²) in [5, 5.41) is 0. The van der Waals surface area contributed by atoms with Gasteiger partial charge in [0.05, 0.1) is 5.56 Å². The smallest absolute Gasteiger partial charge is 0.173 e. The van der Waals surface area contributed by atoms with Gasteiger partial charge in [-0.1, -0.05) is 42.4 Å². The molecule has 1 aromatic heterocycles. The van der Waals surface area contributed by atoms with Gasteiger partial charge in [0.15, 0.2) is 12.5 Å². The number of nitrogens with zero attached hydrogens (tertiary/aromatic N) is 2. The highest BCUT2D eigenvalue weighted by Gasteiger charge is 2.21. The first-order chi connectivity index (χ1) is 9.24. The second-order valence-corrected chi connectivity index (χ2v) is 5.20. The van der Waals surface area contributed by atoms with E-state index in [4.69, 9.17) is 0 Å². The number of carbonyl (C=O) groups is 1. The number of hydrogen-bond acceptors (Lipinski definition) is 3. The fourth-order valence-corrected chi connectivity index (χ4v) is 2.70. The van der Waals surface area contributed by atoms with Gasteiger partial charge in [-0.05, 0) is 12.0 Å². The Kier molecular flexibility index (Phi) is 3.16.